The van der Waals surface area contributed by atoms with Crippen LogP contribution in [0.2, 0.25) is 0 Å². The Morgan fingerprint density at radius 3 is 2.71 bits per heavy atom. The van der Waals surface area contributed by atoms with E-state index in [1.165, 1.54) is 0 Å². The number of nitrogens with one attached hydrogen (secondary N) is 1. The number of hydrogen-bond donors (Lipinski definition) is 2. The van der Waals surface area contributed by atoms with Crippen molar-refractivity contribution in [1.82, 2.24) is 5.32 Å². The Morgan fingerprint density at radius 1 is 1.64 bits per heavy atom. The lowest BCUT2D eigenvalue weighted by molar-refractivity contribution is -0.123. The zero-order valence-corrected chi connectivity index (χ0v) is 9.84. The lowest BCUT2D eigenvalue weighted by atomic mass is 9.94. The molecule has 0 aromatic heterocycles. The average molecular weight is 266 g/mol. The number of amides is 1. The van der Waals surface area contributed by atoms with Crippen LogP contribution in [0.15, 0.2) is 0 Å². The van der Waals surface area contributed by atoms with Crippen LogP contribution in [0.25, 0.3) is 0 Å². The summed E-state index contributed by atoms with van der Waals surface area (Å²) in [6, 6.07) is 0. The first-order valence-electron chi connectivity index (χ1n) is 4.75. The normalized spacial score (nSPS) is 22.8. The lowest BCUT2D eigenvalue weighted by Gasteiger charge is -2.32. The third-order valence-electron chi connectivity index (χ3n) is 2.38. The van der Waals surface area contributed by atoms with E-state index in [0.29, 0.717) is 32.6 Å². The maximum atomic E-state index is 11.2. The van der Waals surface area contributed by atoms with Crippen LogP contribution in [0.5, 0.6) is 0 Å². The highest BCUT2D eigenvalue weighted by Gasteiger charge is 2.30. The summed E-state index contributed by atoms with van der Waals surface area (Å²) in [4.78, 5) is 11.0. The fourth-order valence-electron chi connectivity index (χ4n) is 1.32. The molecule has 2 N–H and O–H groups in total. The average Bonchev–Trinajstić information content (AvgIpc) is 2.15. The molecule has 1 atom stereocenters. The zero-order valence-electron chi connectivity index (χ0n) is 8.25. The van der Waals surface area contributed by atoms with Crippen molar-refractivity contribution in [2.75, 3.05) is 19.8 Å². The Balaban J connectivity index is 2.32. The van der Waals surface area contributed by atoms with Crippen molar-refractivity contribution in [2.45, 2.75) is 30.2 Å². The fourth-order valence-corrected chi connectivity index (χ4v) is 1.48. The first-order chi connectivity index (χ1) is 6.53. The summed E-state index contributed by atoms with van der Waals surface area (Å²) < 4.78 is 5.14. The number of ether oxygens (including phenoxy) is 1. The number of hydrogen-bond acceptors (Lipinski definition) is 3. The SMILES string of the molecule is CC(Br)C(=O)NCC1(O)CCOCC1. The van der Waals surface area contributed by atoms with Gasteiger partial charge in [0.1, 0.15) is 0 Å². The number of rotatable bonds is 3. The van der Waals surface area contributed by atoms with E-state index in [2.05, 4.69) is 21.2 Å². The summed E-state index contributed by atoms with van der Waals surface area (Å²) in [5, 5.41) is 12.7. The second-order valence-corrected chi connectivity index (χ2v) is 5.04. The molecule has 1 aliphatic rings. The maximum Gasteiger partial charge on any atom is 0.233 e. The van der Waals surface area contributed by atoms with E-state index in [1.807, 2.05) is 0 Å². The van der Waals surface area contributed by atoms with Crippen molar-refractivity contribution in [1.29, 1.82) is 0 Å². The van der Waals surface area contributed by atoms with E-state index in [9.17, 15) is 9.90 Å². The minimum Gasteiger partial charge on any atom is -0.388 e. The molecule has 0 radical (unpaired) electrons. The first kappa shape index (κ1) is 11.9. The van der Waals surface area contributed by atoms with Crippen molar-refractivity contribution in [2.24, 2.45) is 0 Å². The van der Waals surface area contributed by atoms with Crippen molar-refractivity contribution < 1.29 is 14.6 Å². The number of aliphatic hydroxyl groups is 1. The van der Waals surface area contributed by atoms with Gasteiger partial charge in [0, 0.05) is 32.6 Å². The highest BCUT2D eigenvalue weighted by molar-refractivity contribution is 9.10. The van der Waals surface area contributed by atoms with Crippen LogP contribution >= 0.6 is 15.9 Å². The number of carbonyl (C=O) groups excluding carboxylic acids is 1. The third kappa shape index (κ3) is 3.55. The maximum absolute atomic E-state index is 11.2. The Labute approximate surface area is 92.1 Å². The van der Waals surface area contributed by atoms with Gasteiger partial charge in [-0.15, -0.1) is 0 Å². The number of halogens is 1. The van der Waals surface area contributed by atoms with E-state index in [-0.39, 0.29) is 10.7 Å². The molecule has 1 rings (SSSR count). The molecule has 0 saturated carbocycles. The second kappa shape index (κ2) is 5.09. The molecular formula is C9H16BrNO3. The molecule has 0 aliphatic carbocycles. The molecule has 14 heavy (non-hydrogen) atoms. The Morgan fingerprint density at radius 2 is 2.21 bits per heavy atom. The molecule has 1 fully saturated rings. The molecule has 1 saturated heterocycles. The van der Waals surface area contributed by atoms with E-state index in [4.69, 9.17) is 4.74 Å². The summed E-state index contributed by atoms with van der Waals surface area (Å²) >= 11 is 3.16. The predicted octanol–water partition coefficient (Wildman–Crippen LogP) is 0.428. The molecule has 0 aromatic carbocycles. The molecular weight excluding hydrogens is 250 g/mol. The van der Waals surface area contributed by atoms with Gasteiger partial charge in [0.2, 0.25) is 5.91 Å². The third-order valence-corrected chi connectivity index (χ3v) is 2.79. The lowest BCUT2D eigenvalue weighted by Crippen LogP contribution is -2.47. The fraction of sp³-hybridized carbons (Fsp3) is 0.889. The minimum atomic E-state index is -0.782. The summed E-state index contributed by atoms with van der Waals surface area (Å²) in [5.41, 5.74) is -0.782. The smallest absolute Gasteiger partial charge is 0.233 e. The van der Waals surface area contributed by atoms with Gasteiger partial charge in [-0.3, -0.25) is 4.79 Å². The van der Waals surface area contributed by atoms with Gasteiger partial charge in [-0.05, 0) is 6.92 Å². The predicted molar refractivity (Wildman–Crippen MR) is 56.4 cm³/mol. The zero-order chi connectivity index (χ0) is 10.6. The van der Waals surface area contributed by atoms with Gasteiger partial charge in [-0.25, -0.2) is 0 Å². The first-order valence-corrected chi connectivity index (χ1v) is 5.67. The topological polar surface area (TPSA) is 58.6 Å². The molecule has 0 bridgehead atoms. The summed E-state index contributed by atoms with van der Waals surface area (Å²) in [7, 11) is 0. The minimum absolute atomic E-state index is 0.0927. The van der Waals surface area contributed by atoms with Crippen LogP contribution in [0.1, 0.15) is 19.8 Å². The Bertz CT molecular complexity index is 202. The van der Waals surface area contributed by atoms with Crippen molar-refractivity contribution in [3.63, 3.8) is 0 Å². The number of alkyl halides is 1. The van der Waals surface area contributed by atoms with Crippen LogP contribution in [-0.4, -0.2) is 41.2 Å². The molecule has 82 valence electrons. The summed E-state index contributed by atoms with van der Waals surface area (Å²) in [6.45, 7) is 3.20. The van der Waals surface area contributed by atoms with Gasteiger partial charge in [-0.2, -0.15) is 0 Å². The van der Waals surface area contributed by atoms with Gasteiger partial charge < -0.3 is 15.2 Å². The van der Waals surface area contributed by atoms with Crippen molar-refractivity contribution in [3.05, 3.63) is 0 Å². The van der Waals surface area contributed by atoms with Crippen LogP contribution < -0.4 is 5.32 Å². The standard InChI is InChI=1S/C9H16BrNO3/c1-7(10)8(12)11-6-9(13)2-4-14-5-3-9/h7,13H,2-6H2,1H3,(H,11,12). The molecule has 1 aliphatic heterocycles. The summed E-state index contributed by atoms with van der Waals surface area (Å²) in [5.74, 6) is -0.0927. The van der Waals surface area contributed by atoms with Crippen LogP contribution in [-0.2, 0) is 9.53 Å². The Kier molecular flexibility index (Phi) is 4.34. The summed E-state index contributed by atoms with van der Waals surface area (Å²) in [6.07, 6.45) is 1.17. The number of carbonyl (C=O) groups is 1. The molecule has 1 heterocycles. The van der Waals surface area contributed by atoms with Crippen LogP contribution in [0.4, 0.5) is 0 Å². The molecule has 5 heteroatoms. The molecule has 1 unspecified atom stereocenters. The quantitative estimate of drug-likeness (QED) is 0.728. The molecule has 0 aromatic rings. The van der Waals surface area contributed by atoms with Crippen LogP contribution in [0.3, 0.4) is 0 Å². The van der Waals surface area contributed by atoms with E-state index >= 15 is 0 Å². The van der Waals surface area contributed by atoms with E-state index in [1.54, 1.807) is 6.92 Å². The van der Waals surface area contributed by atoms with Crippen LogP contribution in [0, 0.1) is 0 Å². The largest absolute Gasteiger partial charge is 0.388 e. The highest BCUT2D eigenvalue weighted by atomic mass is 79.9. The molecule has 4 nitrogen and oxygen atoms in total. The van der Waals surface area contributed by atoms with Gasteiger partial charge in [0.05, 0.1) is 10.4 Å². The molecule has 1 amide bonds. The monoisotopic (exact) mass is 265 g/mol. The van der Waals surface area contributed by atoms with Crippen molar-refractivity contribution in [3.8, 4) is 0 Å². The van der Waals surface area contributed by atoms with Crippen molar-refractivity contribution >= 4 is 21.8 Å². The Hall–Kier alpha value is -0.130. The molecule has 0 spiro atoms. The van der Waals surface area contributed by atoms with Gasteiger partial charge >= 0.3 is 0 Å². The highest BCUT2D eigenvalue weighted by Crippen LogP contribution is 2.19. The van der Waals surface area contributed by atoms with Gasteiger partial charge in [0.15, 0.2) is 0 Å². The second-order valence-electron chi connectivity index (χ2n) is 3.67. The van der Waals surface area contributed by atoms with Gasteiger partial charge in [0.25, 0.3) is 0 Å². The van der Waals surface area contributed by atoms with Gasteiger partial charge in [-0.1, -0.05) is 15.9 Å². The van der Waals surface area contributed by atoms with E-state index < -0.39 is 5.60 Å². The van der Waals surface area contributed by atoms with E-state index in [0.717, 1.165) is 0 Å².